The van der Waals surface area contributed by atoms with Crippen molar-refractivity contribution >= 4 is 11.9 Å². The van der Waals surface area contributed by atoms with Crippen molar-refractivity contribution in [3.8, 4) is 0 Å². The van der Waals surface area contributed by atoms with Crippen LogP contribution in [0.3, 0.4) is 0 Å². The molecule has 0 aromatic heterocycles. The van der Waals surface area contributed by atoms with Crippen LogP contribution in [0.15, 0.2) is 0 Å². The van der Waals surface area contributed by atoms with E-state index < -0.39 is 17.4 Å². The Morgan fingerprint density at radius 3 is 2.11 bits per heavy atom. The highest BCUT2D eigenvalue weighted by Gasteiger charge is 2.49. The second kappa shape index (κ2) is 7.48. The molecule has 1 unspecified atom stereocenters. The standard InChI is InChI=1S/C14H24O5/c1-4-14(12(15)18-5-2,13(16)19-6-3)9-11-7-8-17-10-11/h11H,4-10H2,1-3H3. The maximum Gasteiger partial charge on any atom is 0.323 e. The molecule has 0 aliphatic carbocycles. The zero-order valence-corrected chi connectivity index (χ0v) is 12.1. The Bertz CT molecular complexity index is 289. The molecule has 0 aromatic carbocycles. The molecule has 0 spiro atoms. The van der Waals surface area contributed by atoms with Gasteiger partial charge >= 0.3 is 11.9 Å². The lowest BCUT2D eigenvalue weighted by Crippen LogP contribution is -2.43. The molecule has 0 bridgehead atoms. The van der Waals surface area contributed by atoms with E-state index in [1.54, 1.807) is 13.8 Å². The Morgan fingerprint density at radius 2 is 1.74 bits per heavy atom. The van der Waals surface area contributed by atoms with Crippen LogP contribution in [-0.4, -0.2) is 38.4 Å². The fraction of sp³-hybridized carbons (Fsp3) is 0.857. The summed E-state index contributed by atoms with van der Waals surface area (Å²) in [5.41, 5.74) is -1.18. The number of carbonyl (C=O) groups is 2. The minimum atomic E-state index is -1.18. The second-order valence-electron chi connectivity index (χ2n) is 4.81. The first-order valence-corrected chi connectivity index (χ1v) is 7.02. The Labute approximate surface area is 114 Å². The van der Waals surface area contributed by atoms with Gasteiger partial charge in [-0.15, -0.1) is 0 Å². The second-order valence-corrected chi connectivity index (χ2v) is 4.81. The van der Waals surface area contributed by atoms with Crippen molar-refractivity contribution in [3.63, 3.8) is 0 Å². The largest absolute Gasteiger partial charge is 0.465 e. The van der Waals surface area contributed by atoms with Crippen molar-refractivity contribution in [2.24, 2.45) is 11.3 Å². The summed E-state index contributed by atoms with van der Waals surface area (Å²) in [5, 5.41) is 0. The van der Waals surface area contributed by atoms with E-state index >= 15 is 0 Å². The number of hydrogen-bond acceptors (Lipinski definition) is 5. The minimum Gasteiger partial charge on any atom is -0.465 e. The summed E-state index contributed by atoms with van der Waals surface area (Å²) in [6, 6.07) is 0. The Morgan fingerprint density at radius 1 is 1.16 bits per heavy atom. The van der Waals surface area contributed by atoms with Gasteiger partial charge in [0.25, 0.3) is 0 Å². The predicted molar refractivity (Wildman–Crippen MR) is 69.5 cm³/mol. The molecule has 1 saturated heterocycles. The first kappa shape index (κ1) is 16.0. The molecule has 1 heterocycles. The SMILES string of the molecule is CCOC(=O)C(CC)(CC1CCOC1)C(=O)OCC. The van der Waals surface area contributed by atoms with Crippen LogP contribution < -0.4 is 0 Å². The lowest BCUT2D eigenvalue weighted by molar-refractivity contribution is -0.174. The molecule has 1 aliphatic rings. The molecule has 5 heteroatoms. The van der Waals surface area contributed by atoms with E-state index in [1.807, 2.05) is 6.92 Å². The summed E-state index contributed by atoms with van der Waals surface area (Å²) < 4.78 is 15.5. The highest BCUT2D eigenvalue weighted by molar-refractivity contribution is 6.00. The van der Waals surface area contributed by atoms with E-state index in [9.17, 15) is 9.59 Å². The molecule has 5 nitrogen and oxygen atoms in total. The lowest BCUT2D eigenvalue weighted by atomic mass is 9.76. The van der Waals surface area contributed by atoms with Crippen LogP contribution in [0.1, 0.15) is 40.0 Å². The zero-order chi connectivity index (χ0) is 14.3. The van der Waals surface area contributed by atoms with Gasteiger partial charge in [0.1, 0.15) is 0 Å². The maximum atomic E-state index is 12.2. The average Bonchev–Trinajstić information content (AvgIpc) is 2.89. The highest BCUT2D eigenvalue weighted by atomic mass is 16.6. The summed E-state index contributed by atoms with van der Waals surface area (Å²) in [4.78, 5) is 24.5. The lowest BCUT2D eigenvalue weighted by Gasteiger charge is -2.29. The quantitative estimate of drug-likeness (QED) is 0.523. The van der Waals surface area contributed by atoms with Crippen molar-refractivity contribution < 1.29 is 23.8 Å². The highest BCUT2D eigenvalue weighted by Crippen LogP contribution is 2.36. The van der Waals surface area contributed by atoms with Gasteiger partial charge < -0.3 is 14.2 Å². The Balaban J connectivity index is 2.90. The summed E-state index contributed by atoms with van der Waals surface area (Å²) in [5.74, 6) is -0.723. The molecule has 1 aliphatic heterocycles. The Hall–Kier alpha value is -1.10. The summed E-state index contributed by atoms with van der Waals surface area (Å²) in [7, 11) is 0. The third kappa shape index (κ3) is 3.69. The van der Waals surface area contributed by atoms with Gasteiger partial charge in [0.05, 0.1) is 13.2 Å². The number of rotatable bonds is 7. The van der Waals surface area contributed by atoms with Gasteiger partial charge in [0, 0.05) is 13.2 Å². The van der Waals surface area contributed by atoms with E-state index in [0.717, 1.165) is 6.42 Å². The summed E-state index contributed by atoms with van der Waals surface area (Å²) in [6.45, 7) is 7.12. The average molecular weight is 272 g/mol. The van der Waals surface area contributed by atoms with Crippen LogP contribution in [-0.2, 0) is 23.8 Å². The fourth-order valence-electron chi connectivity index (χ4n) is 2.46. The predicted octanol–water partition coefficient (Wildman–Crippen LogP) is 1.94. The van der Waals surface area contributed by atoms with E-state index in [0.29, 0.717) is 26.1 Å². The van der Waals surface area contributed by atoms with E-state index in [2.05, 4.69) is 0 Å². The molecule has 1 rings (SSSR count). The van der Waals surface area contributed by atoms with Gasteiger partial charge in [-0.3, -0.25) is 9.59 Å². The zero-order valence-electron chi connectivity index (χ0n) is 12.1. The maximum absolute atomic E-state index is 12.2. The van der Waals surface area contributed by atoms with Crippen molar-refractivity contribution in [1.82, 2.24) is 0 Å². The van der Waals surface area contributed by atoms with E-state index in [-0.39, 0.29) is 19.1 Å². The van der Waals surface area contributed by atoms with Crippen LogP contribution >= 0.6 is 0 Å². The summed E-state index contributed by atoms with van der Waals surface area (Å²) in [6.07, 6.45) is 1.71. The van der Waals surface area contributed by atoms with Crippen LogP contribution in [0.5, 0.6) is 0 Å². The third-order valence-electron chi connectivity index (χ3n) is 3.60. The van der Waals surface area contributed by atoms with Gasteiger partial charge in [-0.1, -0.05) is 6.92 Å². The van der Waals surface area contributed by atoms with Crippen molar-refractivity contribution in [2.45, 2.75) is 40.0 Å². The number of carbonyl (C=O) groups excluding carboxylic acids is 2. The first-order valence-electron chi connectivity index (χ1n) is 7.02. The summed E-state index contributed by atoms with van der Waals surface area (Å²) >= 11 is 0. The van der Waals surface area contributed by atoms with Crippen molar-refractivity contribution in [3.05, 3.63) is 0 Å². The molecule has 0 radical (unpaired) electrons. The van der Waals surface area contributed by atoms with Crippen LogP contribution in [0.4, 0.5) is 0 Å². The van der Waals surface area contributed by atoms with Gasteiger partial charge in [0.15, 0.2) is 5.41 Å². The first-order chi connectivity index (χ1) is 9.10. The van der Waals surface area contributed by atoms with E-state index in [4.69, 9.17) is 14.2 Å². The number of hydrogen-bond donors (Lipinski definition) is 0. The minimum absolute atomic E-state index is 0.216. The third-order valence-corrected chi connectivity index (χ3v) is 3.60. The van der Waals surface area contributed by atoms with Gasteiger partial charge in [-0.2, -0.15) is 0 Å². The molecule has 0 N–H and O–H groups in total. The van der Waals surface area contributed by atoms with Crippen LogP contribution in [0, 0.1) is 11.3 Å². The van der Waals surface area contributed by atoms with Gasteiger partial charge in [0.2, 0.25) is 0 Å². The smallest absolute Gasteiger partial charge is 0.323 e. The topological polar surface area (TPSA) is 61.8 Å². The number of ether oxygens (including phenoxy) is 3. The molecule has 1 atom stereocenters. The van der Waals surface area contributed by atoms with E-state index in [1.165, 1.54) is 0 Å². The molecule has 0 amide bonds. The molecule has 110 valence electrons. The van der Waals surface area contributed by atoms with Crippen molar-refractivity contribution in [2.75, 3.05) is 26.4 Å². The number of esters is 2. The molecular formula is C14H24O5. The normalized spacial score (nSPS) is 19.2. The molecule has 19 heavy (non-hydrogen) atoms. The monoisotopic (exact) mass is 272 g/mol. The molecule has 0 aromatic rings. The van der Waals surface area contributed by atoms with Gasteiger partial charge in [-0.05, 0) is 39.0 Å². The molecule has 1 fully saturated rings. The van der Waals surface area contributed by atoms with Gasteiger partial charge in [-0.25, -0.2) is 0 Å². The van der Waals surface area contributed by atoms with Crippen LogP contribution in [0.25, 0.3) is 0 Å². The molecular weight excluding hydrogens is 248 g/mol. The van der Waals surface area contributed by atoms with Crippen LogP contribution in [0.2, 0.25) is 0 Å². The van der Waals surface area contributed by atoms with Crippen molar-refractivity contribution in [1.29, 1.82) is 0 Å². The Kier molecular flexibility index (Phi) is 6.28. The molecule has 0 saturated carbocycles. The fourth-order valence-corrected chi connectivity index (χ4v) is 2.46.